The monoisotopic (exact) mass is 255 g/mol. The van der Waals surface area contributed by atoms with E-state index in [0.717, 1.165) is 18.8 Å². The molecule has 18 heavy (non-hydrogen) atoms. The molecule has 0 bridgehead atoms. The zero-order valence-electron chi connectivity index (χ0n) is 12.2. The van der Waals surface area contributed by atoms with Gasteiger partial charge >= 0.3 is 0 Å². The van der Waals surface area contributed by atoms with Crippen LogP contribution in [0.4, 0.5) is 0 Å². The first-order valence-corrected chi connectivity index (χ1v) is 7.47. The second-order valence-corrected chi connectivity index (χ2v) is 5.84. The number of likely N-dealkylation sites (N-methyl/N-ethyl adjacent to an activating group) is 1. The number of aliphatic hydroxyl groups is 1. The second kappa shape index (κ2) is 7.78. The smallest absolute Gasteiger partial charge is 0.225 e. The lowest BCUT2D eigenvalue weighted by molar-refractivity contribution is -0.138. The van der Waals surface area contributed by atoms with Crippen molar-refractivity contribution in [3.8, 4) is 0 Å². The van der Waals surface area contributed by atoms with E-state index >= 15 is 0 Å². The van der Waals surface area contributed by atoms with Crippen LogP contribution in [0.2, 0.25) is 0 Å². The maximum atomic E-state index is 12.2. The van der Waals surface area contributed by atoms with Crippen molar-refractivity contribution in [3.63, 3.8) is 0 Å². The van der Waals surface area contributed by atoms with Gasteiger partial charge in [-0.3, -0.25) is 4.79 Å². The van der Waals surface area contributed by atoms with Crippen LogP contribution in [0, 0.1) is 11.8 Å². The molecule has 0 radical (unpaired) electrons. The first kappa shape index (κ1) is 15.5. The molecule has 0 aromatic carbocycles. The molecule has 0 aliphatic heterocycles. The Hall–Kier alpha value is -0.570. The van der Waals surface area contributed by atoms with Crippen molar-refractivity contribution in [2.24, 2.45) is 11.8 Å². The summed E-state index contributed by atoms with van der Waals surface area (Å²) in [6, 6.07) is -0.0599. The van der Waals surface area contributed by atoms with E-state index in [1.807, 2.05) is 14.0 Å². The van der Waals surface area contributed by atoms with Crippen LogP contribution in [0.1, 0.15) is 58.8 Å². The Kier molecular flexibility index (Phi) is 6.69. The van der Waals surface area contributed by atoms with E-state index in [-0.39, 0.29) is 24.5 Å². The fourth-order valence-electron chi connectivity index (χ4n) is 2.82. The minimum atomic E-state index is -0.0599. The topological polar surface area (TPSA) is 40.5 Å². The highest BCUT2D eigenvalue weighted by molar-refractivity contribution is 5.78. The molecule has 1 fully saturated rings. The average molecular weight is 255 g/mol. The maximum Gasteiger partial charge on any atom is 0.225 e. The molecule has 1 saturated carbocycles. The Labute approximate surface area is 112 Å². The number of hydrogen-bond acceptors (Lipinski definition) is 2. The van der Waals surface area contributed by atoms with Crippen molar-refractivity contribution in [1.29, 1.82) is 0 Å². The van der Waals surface area contributed by atoms with Gasteiger partial charge in [0.05, 0.1) is 12.6 Å². The third kappa shape index (κ3) is 4.27. The van der Waals surface area contributed by atoms with Crippen molar-refractivity contribution in [2.45, 2.75) is 64.8 Å². The van der Waals surface area contributed by atoms with E-state index in [0.29, 0.717) is 0 Å². The number of carbonyl (C=O) groups is 1. The SMILES string of the molecule is CCCCC1CCC(C(=O)N(C)C(C)CO)CC1. The largest absolute Gasteiger partial charge is 0.394 e. The fraction of sp³-hybridized carbons (Fsp3) is 0.933. The van der Waals surface area contributed by atoms with E-state index in [1.54, 1.807) is 4.90 Å². The van der Waals surface area contributed by atoms with Gasteiger partial charge in [-0.25, -0.2) is 0 Å². The van der Waals surface area contributed by atoms with E-state index < -0.39 is 0 Å². The number of rotatable bonds is 6. The van der Waals surface area contributed by atoms with Gasteiger partial charge in [0.1, 0.15) is 0 Å². The Morgan fingerprint density at radius 3 is 2.44 bits per heavy atom. The Morgan fingerprint density at radius 2 is 1.94 bits per heavy atom. The van der Waals surface area contributed by atoms with Gasteiger partial charge in [-0.2, -0.15) is 0 Å². The molecular formula is C15H29NO2. The van der Waals surface area contributed by atoms with Crippen LogP contribution >= 0.6 is 0 Å². The summed E-state index contributed by atoms with van der Waals surface area (Å²) in [7, 11) is 1.81. The molecule has 1 aliphatic carbocycles. The summed E-state index contributed by atoms with van der Waals surface area (Å²) < 4.78 is 0. The molecule has 1 N–H and O–H groups in total. The van der Waals surface area contributed by atoms with Gasteiger partial charge in [0.25, 0.3) is 0 Å². The number of aliphatic hydroxyl groups excluding tert-OH is 1. The van der Waals surface area contributed by atoms with Crippen LogP contribution in [-0.2, 0) is 4.79 Å². The van der Waals surface area contributed by atoms with Crippen molar-refractivity contribution >= 4 is 5.91 Å². The lowest BCUT2D eigenvalue weighted by Crippen LogP contribution is -2.42. The summed E-state index contributed by atoms with van der Waals surface area (Å²) in [4.78, 5) is 14.0. The molecule has 0 saturated heterocycles. The van der Waals surface area contributed by atoms with Crippen molar-refractivity contribution < 1.29 is 9.90 Å². The molecule has 3 heteroatoms. The highest BCUT2D eigenvalue weighted by atomic mass is 16.3. The molecule has 0 aromatic heterocycles. The van der Waals surface area contributed by atoms with Crippen LogP contribution < -0.4 is 0 Å². The normalized spacial score (nSPS) is 25.8. The molecule has 106 valence electrons. The average Bonchev–Trinajstić information content (AvgIpc) is 2.43. The predicted molar refractivity (Wildman–Crippen MR) is 74.3 cm³/mol. The van der Waals surface area contributed by atoms with Crippen molar-refractivity contribution in [3.05, 3.63) is 0 Å². The zero-order valence-corrected chi connectivity index (χ0v) is 12.2. The summed E-state index contributed by atoms with van der Waals surface area (Å²) >= 11 is 0. The molecule has 1 unspecified atom stereocenters. The molecule has 0 spiro atoms. The van der Waals surface area contributed by atoms with E-state index in [2.05, 4.69) is 6.92 Å². The minimum Gasteiger partial charge on any atom is -0.394 e. The summed E-state index contributed by atoms with van der Waals surface area (Å²) in [5.41, 5.74) is 0. The first-order chi connectivity index (χ1) is 8.60. The van der Waals surface area contributed by atoms with E-state index in [4.69, 9.17) is 5.11 Å². The summed E-state index contributed by atoms with van der Waals surface area (Å²) in [6.45, 7) is 4.18. The molecule has 1 aliphatic rings. The molecular weight excluding hydrogens is 226 g/mol. The highest BCUT2D eigenvalue weighted by Crippen LogP contribution is 2.32. The molecule has 1 rings (SSSR count). The molecule has 3 nitrogen and oxygen atoms in total. The molecule has 1 amide bonds. The van der Waals surface area contributed by atoms with E-state index in [9.17, 15) is 4.79 Å². The lowest BCUT2D eigenvalue weighted by atomic mass is 9.79. The predicted octanol–water partition coefficient (Wildman–Crippen LogP) is 2.82. The fourth-order valence-corrected chi connectivity index (χ4v) is 2.82. The maximum absolute atomic E-state index is 12.2. The van der Waals surface area contributed by atoms with Gasteiger partial charge in [0, 0.05) is 13.0 Å². The Bertz CT molecular complexity index is 247. The zero-order chi connectivity index (χ0) is 13.5. The van der Waals surface area contributed by atoms with Gasteiger partial charge in [-0.1, -0.05) is 26.2 Å². The van der Waals surface area contributed by atoms with Crippen LogP contribution in [0.5, 0.6) is 0 Å². The van der Waals surface area contributed by atoms with Gasteiger partial charge in [0.15, 0.2) is 0 Å². The number of hydrogen-bond donors (Lipinski definition) is 1. The van der Waals surface area contributed by atoms with Gasteiger partial charge < -0.3 is 10.0 Å². The quantitative estimate of drug-likeness (QED) is 0.793. The van der Waals surface area contributed by atoms with Crippen LogP contribution in [0.25, 0.3) is 0 Å². The first-order valence-electron chi connectivity index (χ1n) is 7.47. The van der Waals surface area contributed by atoms with Crippen molar-refractivity contribution in [2.75, 3.05) is 13.7 Å². The van der Waals surface area contributed by atoms with Crippen LogP contribution in [0.3, 0.4) is 0 Å². The lowest BCUT2D eigenvalue weighted by Gasteiger charge is -2.32. The van der Waals surface area contributed by atoms with Gasteiger partial charge in [-0.15, -0.1) is 0 Å². The van der Waals surface area contributed by atoms with Gasteiger partial charge in [0.2, 0.25) is 5.91 Å². The number of amides is 1. The second-order valence-electron chi connectivity index (χ2n) is 5.84. The molecule has 1 atom stereocenters. The van der Waals surface area contributed by atoms with Crippen molar-refractivity contribution in [1.82, 2.24) is 4.90 Å². The van der Waals surface area contributed by atoms with Gasteiger partial charge in [-0.05, 0) is 38.5 Å². The third-order valence-corrected chi connectivity index (χ3v) is 4.43. The van der Waals surface area contributed by atoms with E-state index in [1.165, 1.54) is 32.1 Å². The van der Waals surface area contributed by atoms with Crippen LogP contribution in [-0.4, -0.2) is 35.6 Å². The highest BCUT2D eigenvalue weighted by Gasteiger charge is 2.29. The third-order valence-electron chi connectivity index (χ3n) is 4.43. The standard InChI is InChI=1S/C15H29NO2/c1-4-5-6-13-7-9-14(10-8-13)15(18)16(3)12(2)11-17/h12-14,17H,4-11H2,1-3H3. The minimum absolute atomic E-state index is 0.0497. The number of nitrogens with zero attached hydrogens (tertiary/aromatic N) is 1. The Balaban J connectivity index is 2.35. The summed E-state index contributed by atoms with van der Waals surface area (Å²) in [5, 5.41) is 9.10. The molecule has 0 aromatic rings. The number of unbranched alkanes of at least 4 members (excludes halogenated alkanes) is 1. The summed E-state index contributed by atoms with van der Waals surface area (Å²) in [6.07, 6.45) is 8.42. The van der Waals surface area contributed by atoms with Crippen LogP contribution in [0.15, 0.2) is 0 Å². The number of carbonyl (C=O) groups excluding carboxylic acids is 1. The summed E-state index contributed by atoms with van der Waals surface area (Å²) in [5.74, 6) is 1.27. The molecule has 0 heterocycles. The Morgan fingerprint density at radius 1 is 1.33 bits per heavy atom.